The summed E-state index contributed by atoms with van der Waals surface area (Å²) in [7, 11) is 0. The average molecular weight is 206 g/mol. The molecule has 0 aromatic heterocycles. The first-order valence-electron chi connectivity index (χ1n) is 4.53. The van der Waals surface area contributed by atoms with E-state index in [1.807, 2.05) is 37.3 Å². The van der Waals surface area contributed by atoms with Crippen molar-refractivity contribution in [1.29, 1.82) is 0 Å². The molecule has 74 valence electrons. The maximum atomic E-state index is 8.65. The van der Waals surface area contributed by atoms with Gasteiger partial charge in [0, 0.05) is 9.80 Å². The Morgan fingerprint density at radius 2 is 2.07 bits per heavy atom. The zero-order valence-electron chi connectivity index (χ0n) is 8.18. The van der Waals surface area contributed by atoms with E-state index in [1.54, 1.807) is 17.8 Å². The molecule has 1 aromatic carbocycles. The third-order valence-electron chi connectivity index (χ3n) is 1.65. The van der Waals surface area contributed by atoms with Crippen LogP contribution in [0.2, 0.25) is 0 Å². The van der Waals surface area contributed by atoms with Gasteiger partial charge in [-0.2, -0.15) is 0 Å². The molecule has 14 heavy (non-hydrogen) atoms. The van der Waals surface area contributed by atoms with Gasteiger partial charge >= 0.3 is 0 Å². The fourth-order valence-corrected chi connectivity index (χ4v) is 1.83. The van der Waals surface area contributed by atoms with E-state index < -0.39 is 0 Å². The second-order valence-corrected chi connectivity index (χ2v) is 3.84. The number of benzene rings is 1. The Bertz CT molecular complexity index is 314. The molecule has 0 aliphatic heterocycles. The van der Waals surface area contributed by atoms with E-state index in [2.05, 4.69) is 12.1 Å². The van der Waals surface area contributed by atoms with Gasteiger partial charge in [-0.15, -0.1) is 0 Å². The van der Waals surface area contributed by atoms with Crippen molar-refractivity contribution in [3.63, 3.8) is 0 Å². The fraction of sp³-hybridized carbons (Fsp3) is 0.167. The normalized spacial score (nSPS) is 12.3. The molecule has 0 aliphatic rings. The van der Waals surface area contributed by atoms with Crippen molar-refractivity contribution in [3.8, 4) is 0 Å². The van der Waals surface area contributed by atoms with Crippen LogP contribution in [0.4, 0.5) is 0 Å². The summed E-state index contributed by atoms with van der Waals surface area (Å²) in [6, 6.07) is 10.2. The van der Waals surface area contributed by atoms with Crippen LogP contribution in [0.5, 0.6) is 0 Å². The average Bonchev–Trinajstić information content (AvgIpc) is 2.25. The number of hydrogen-bond acceptors (Lipinski definition) is 2. The molecule has 0 unspecified atom stereocenters. The molecule has 0 aliphatic carbocycles. The number of rotatable bonds is 4. The summed E-state index contributed by atoms with van der Waals surface area (Å²) in [4.78, 5) is 2.36. The van der Waals surface area contributed by atoms with Gasteiger partial charge in [-0.3, -0.25) is 0 Å². The Morgan fingerprint density at radius 3 is 2.64 bits per heavy atom. The maximum absolute atomic E-state index is 8.65. The van der Waals surface area contributed by atoms with Crippen LogP contribution in [0.15, 0.2) is 58.4 Å². The molecule has 0 fully saturated rings. The van der Waals surface area contributed by atoms with Gasteiger partial charge in [0.1, 0.15) is 0 Å². The summed E-state index contributed by atoms with van der Waals surface area (Å²) < 4.78 is 0. The van der Waals surface area contributed by atoms with Crippen LogP contribution in [0.25, 0.3) is 0 Å². The van der Waals surface area contributed by atoms with Crippen molar-refractivity contribution >= 4 is 11.8 Å². The van der Waals surface area contributed by atoms with Crippen molar-refractivity contribution in [3.05, 3.63) is 53.5 Å². The van der Waals surface area contributed by atoms with Crippen LogP contribution in [0.1, 0.15) is 6.92 Å². The molecule has 0 amide bonds. The lowest BCUT2D eigenvalue weighted by atomic mass is 10.4. The van der Waals surface area contributed by atoms with E-state index in [4.69, 9.17) is 5.11 Å². The van der Waals surface area contributed by atoms with E-state index in [1.165, 1.54) is 4.90 Å². The number of hydrogen-bond donors (Lipinski definition) is 1. The van der Waals surface area contributed by atoms with Gasteiger partial charge in [-0.25, -0.2) is 0 Å². The standard InChI is InChI=1S/C12H14OS/c1-2-11(9-6-10-13)14-12-7-4-3-5-8-12/h2-9,13H,10H2,1H3/b9-6-,11-2+. The molecule has 0 radical (unpaired) electrons. The van der Waals surface area contributed by atoms with E-state index in [0.717, 1.165) is 4.91 Å². The number of thioether (sulfide) groups is 1. The predicted octanol–water partition coefficient (Wildman–Crippen LogP) is 3.23. The van der Waals surface area contributed by atoms with Crippen molar-refractivity contribution in [1.82, 2.24) is 0 Å². The molecule has 1 aromatic rings. The van der Waals surface area contributed by atoms with E-state index in [9.17, 15) is 0 Å². The second-order valence-electron chi connectivity index (χ2n) is 2.69. The monoisotopic (exact) mass is 206 g/mol. The van der Waals surface area contributed by atoms with Crippen molar-refractivity contribution in [2.75, 3.05) is 6.61 Å². The minimum absolute atomic E-state index is 0.0900. The van der Waals surface area contributed by atoms with Crippen LogP contribution in [-0.2, 0) is 0 Å². The Morgan fingerprint density at radius 1 is 1.36 bits per heavy atom. The molecular formula is C12H14OS. The molecular weight excluding hydrogens is 192 g/mol. The van der Waals surface area contributed by atoms with Gasteiger partial charge in [0.05, 0.1) is 6.61 Å². The maximum Gasteiger partial charge on any atom is 0.0615 e. The molecule has 0 atom stereocenters. The Hall–Kier alpha value is -0.990. The number of aliphatic hydroxyl groups excluding tert-OH is 1. The molecule has 1 N–H and O–H groups in total. The van der Waals surface area contributed by atoms with Gasteiger partial charge in [0.25, 0.3) is 0 Å². The zero-order valence-corrected chi connectivity index (χ0v) is 9.00. The molecule has 0 saturated carbocycles. The summed E-state index contributed by atoms with van der Waals surface area (Å²) in [5, 5.41) is 8.65. The summed E-state index contributed by atoms with van der Waals surface area (Å²) in [6.45, 7) is 2.08. The third-order valence-corrected chi connectivity index (χ3v) is 2.77. The Labute approximate surface area is 89.2 Å². The van der Waals surface area contributed by atoms with Gasteiger partial charge in [-0.1, -0.05) is 48.2 Å². The van der Waals surface area contributed by atoms with Gasteiger partial charge in [0.15, 0.2) is 0 Å². The first kappa shape index (κ1) is 11.1. The summed E-state index contributed by atoms with van der Waals surface area (Å²) in [5.41, 5.74) is 0. The highest BCUT2D eigenvalue weighted by Crippen LogP contribution is 2.26. The lowest BCUT2D eigenvalue weighted by Gasteiger charge is -2.00. The van der Waals surface area contributed by atoms with Crippen LogP contribution >= 0.6 is 11.8 Å². The van der Waals surface area contributed by atoms with Crippen molar-refractivity contribution < 1.29 is 5.11 Å². The molecule has 2 heteroatoms. The minimum Gasteiger partial charge on any atom is -0.392 e. The molecule has 0 bridgehead atoms. The SMILES string of the molecule is C/C=C(\C=C/CO)Sc1ccccc1. The number of allylic oxidation sites excluding steroid dienone is 2. The lowest BCUT2D eigenvalue weighted by molar-refractivity contribution is 0.342. The minimum atomic E-state index is 0.0900. The topological polar surface area (TPSA) is 20.2 Å². The molecule has 1 rings (SSSR count). The smallest absolute Gasteiger partial charge is 0.0615 e. The predicted molar refractivity (Wildman–Crippen MR) is 62.3 cm³/mol. The number of aliphatic hydroxyl groups is 1. The summed E-state index contributed by atoms with van der Waals surface area (Å²) in [6.07, 6.45) is 5.70. The summed E-state index contributed by atoms with van der Waals surface area (Å²) >= 11 is 1.69. The highest BCUT2D eigenvalue weighted by atomic mass is 32.2. The summed E-state index contributed by atoms with van der Waals surface area (Å²) in [5.74, 6) is 0. The Balaban J connectivity index is 2.63. The van der Waals surface area contributed by atoms with E-state index >= 15 is 0 Å². The molecule has 1 nitrogen and oxygen atoms in total. The highest BCUT2D eigenvalue weighted by molar-refractivity contribution is 8.03. The quantitative estimate of drug-likeness (QED) is 0.603. The van der Waals surface area contributed by atoms with Crippen molar-refractivity contribution in [2.24, 2.45) is 0 Å². The van der Waals surface area contributed by atoms with E-state index in [-0.39, 0.29) is 6.61 Å². The van der Waals surface area contributed by atoms with Crippen LogP contribution in [0, 0.1) is 0 Å². The molecule has 0 heterocycles. The van der Waals surface area contributed by atoms with Crippen LogP contribution in [0.3, 0.4) is 0 Å². The first-order chi connectivity index (χ1) is 6.86. The molecule has 0 spiro atoms. The highest BCUT2D eigenvalue weighted by Gasteiger charge is 1.94. The zero-order chi connectivity index (χ0) is 10.2. The second kappa shape index (κ2) is 6.46. The van der Waals surface area contributed by atoms with Gasteiger partial charge in [-0.05, 0) is 19.1 Å². The van der Waals surface area contributed by atoms with Crippen LogP contribution < -0.4 is 0 Å². The third kappa shape index (κ3) is 3.81. The fourth-order valence-electron chi connectivity index (χ4n) is 0.983. The van der Waals surface area contributed by atoms with Gasteiger partial charge in [0.2, 0.25) is 0 Å². The Kier molecular flexibility index (Phi) is 5.12. The largest absolute Gasteiger partial charge is 0.392 e. The first-order valence-corrected chi connectivity index (χ1v) is 5.35. The van der Waals surface area contributed by atoms with Crippen molar-refractivity contribution in [2.45, 2.75) is 11.8 Å². The lowest BCUT2D eigenvalue weighted by Crippen LogP contribution is -1.75. The molecule has 0 saturated heterocycles. The van der Waals surface area contributed by atoms with Crippen LogP contribution in [-0.4, -0.2) is 11.7 Å². The van der Waals surface area contributed by atoms with E-state index in [0.29, 0.717) is 0 Å². The van der Waals surface area contributed by atoms with Gasteiger partial charge < -0.3 is 5.11 Å².